The molecular formula is C14H21IN2S2. The summed E-state index contributed by atoms with van der Waals surface area (Å²) in [5.41, 5.74) is 4.40. The Kier molecular flexibility index (Phi) is 6.33. The summed E-state index contributed by atoms with van der Waals surface area (Å²) in [7, 11) is 0. The van der Waals surface area contributed by atoms with Crippen LogP contribution in [0.3, 0.4) is 0 Å². The van der Waals surface area contributed by atoms with E-state index >= 15 is 0 Å². The quantitative estimate of drug-likeness (QED) is 0.456. The highest BCUT2D eigenvalue weighted by Gasteiger charge is 2.30. The molecule has 4 unspecified atom stereocenters. The van der Waals surface area contributed by atoms with Gasteiger partial charge in [-0.15, -0.1) is 0 Å². The second kappa shape index (κ2) is 7.54. The third-order valence-corrected chi connectivity index (χ3v) is 7.88. The summed E-state index contributed by atoms with van der Waals surface area (Å²) in [6, 6.07) is 9.10. The highest BCUT2D eigenvalue weighted by atomic mass is 127. The Bertz CT molecular complexity index is 399. The van der Waals surface area contributed by atoms with Crippen molar-refractivity contribution in [2.75, 3.05) is 5.75 Å². The standard InChI is InChI=1S/C14H21IN2S2/c1-9-10(2)19-14(8-18-9)13(17-16)7-11-3-5-12(15)6-4-11/h3-6,9-10,13-14,17H,7-8,16H2,1-2H3. The minimum atomic E-state index is 0.354. The Labute approximate surface area is 138 Å². The lowest BCUT2D eigenvalue weighted by Gasteiger charge is -2.35. The molecule has 106 valence electrons. The molecule has 1 aromatic carbocycles. The maximum Gasteiger partial charge on any atom is 0.0377 e. The average molecular weight is 408 g/mol. The molecule has 0 bridgehead atoms. The lowest BCUT2D eigenvalue weighted by Crippen LogP contribution is -2.47. The van der Waals surface area contributed by atoms with Gasteiger partial charge >= 0.3 is 0 Å². The zero-order valence-corrected chi connectivity index (χ0v) is 15.1. The third-order valence-electron chi connectivity index (χ3n) is 3.61. The first-order valence-corrected chi connectivity index (χ1v) is 9.65. The van der Waals surface area contributed by atoms with Gasteiger partial charge in [0, 0.05) is 31.1 Å². The zero-order valence-electron chi connectivity index (χ0n) is 11.3. The van der Waals surface area contributed by atoms with Crippen LogP contribution in [0.1, 0.15) is 19.4 Å². The third kappa shape index (κ3) is 4.52. The molecule has 2 rings (SSSR count). The molecule has 0 aliphatic carbocycles. The van der Waals surface area contributed by atoms with E-state index in [2.05, 4.69) is 89.7 Å². The van der Waals surface area contributed by atoms with Crippen LogP contribution in [0.2, 0.25) is 0 Å². The predicted octanol–water partition coefficient (Wildman–Crippen LogP) is 3.29. The summed E-state index contributed by atoms with van der Waals surface area (Å²) in [6.07, 6.45) is 1.01. The molecule has 4 atom stereocenters. The molecule has 0 radical (unpaired) electrons. The van der Waals surface area contributed by atoms with Gasteiger partial charge in [0.1, 0.15) is 0 Å². The van der Waals surface area contributed by atoms with Gasteiger partial charge in [-0.3, -0.25) is 11.3 Å². The van der Waals surface area contributed by atoms with E-state index in [1.165, 1.54) is 14.9 Å². The van der Waals surface area contributed by atoms with Crippen molar-refractivity contribution in [3.05, 3.63) is 33.4 Å². The molecular weight excluding hydrogens is 387 g/mol. The Morgan fingerprint density at radius 2 is 2.00 bits per heavy atom. The van der Waals surface area contributed by atoms with Crippen LogP contribution in [0.25, 0.3) is 0 Å². The first-order valence-electron chi connectivity index (χ1n) is 6.57. The lowest BCUT2D eigenvalue weighted by molar-refractivity contribution is 0.521. The van der Waals surface area contributed by atoms with Gasteiger partial charge in [0.05, 0.1) is 0 Å². The predicted molar refractivity (Wildman–Crippen MR) is 96.7 cm³/mol. The number of nitrogens with one attached hydrogen (secondary N) is 1. The van der Waals surface area contributed by atoms with Crippen molar-refractivity contribution in [3.8, 4) is 0 Å². The number of halogens is 1. The summed E-state index contributed by atoms with van der Waals surface area (Å²) in [5, 5.41) is 2.05. The van der Waals surface area contributed by atoms with Gasteiger partial charge in [-0.25, -0.2) is 0 Å². The highest BCUT2D eigenvalue weighted by Crippen LogP contribution is 2.37. The Morgan fingerprint density at radius 1 is 1.32 bits per heavy atom. The number of benzene rings is 1. The molecule has 5 heteroatoms. The van der Waals surface area contributed by atoms with E-state index in [0.29, 0.717) is 16.5 Å². The molecule has 1 aliphatic heterocycles. The summed E-state index contributed by atoms with van der Waals surface area (Å²) in [6.45, 7) is 4.65. The van der Waals surface area contributed by atoms with Gasteiger partial charge in [-0.05, 0) is 46.7 Å². The van der Waals surface area contributed by atoms with Gasteiger partial charge in [0.25, 0.3) is 0 Å². The molecule has 0 amide bonds. The van der Waals surface area contributed by atoms with E-state index in [9.17, 15) is 0 Å². The van der Waals surface area contributed by atoms with Crippen molar-refractivity contribution < 1.29 is 0 Å². The highest BCUT2D eigenvalue weighted by molar-refractivity contribution is 14.1. The van der Waals surface area contributed by atoms with Crippen molar-refractivity contribution in [1.29, 1.82) is 0 Å². The first kappa shape index (κ1) is 15.9. The van der Waals surface area contributed by atoms with Crippen molar-refractivity contribution >= 4 is 46.1 Å². The van der Waals surface area contributed by atoms with Crippen LogP contribution in [0.4, 0.5) is 0 Å². The fourth-order valence-electron chi connectivity index (χ4n) is 2.19. The minimum Gasteiger partial charge on any atom is -0.271 e. The Balaban J connectivity index is 1.98. The van der Waals surface area contributed by atoms with Gasteiger partial charge in [-0.1, -0.05) is 26.0 Å². The van der Waals surface area contributed by atoms with Crippen molar-refractivity contribution in [2.24, 2.45) is 5.84 Å². The molecule has 3 N–H and O–H groups in total. The van der Waals surface area contributed by atoms with Crippen LogP contribution in [-0.2, 0) is 6.42 Å². The molecule has 1 heterocycles. The number of hydrogen-bond donors (Lipinski definition) is 2. The Morgan fingerprint density at radius 3 is 2.58 bits per heavy atom. The molecule has 1 aliphatic rings. The van der Waals surface area contributed by atoms with E-state index in [1.54, 1.807) is 0 Å². The molecule has 2 nitrogen and oxygen atoms in total. The minimum absolute atomic E-state index is 0.354. The van der Waals surface area contributed by atoms with Gasteiger partial charge in [0.2, 0.25) is 0 Å². The second-order valence-electron chi connectivity index (χ2n) is 5.02. The van der Waals surface area contributed by atoms with Crippen LogP contribution in [-0.4, -0.2) is 27.5 Å². The van der Waals surface area contributed by atoms with Crippen LogP contribution < -0.4 is 11.3 Å². The summed E-state index contributed by atoms with van der Waals surface area (Å²) < 4.78 is 1.28. The molecule has 0 saturated carbocycles. The van der Waals surface area contributed by atoms with E-state index in [0.717, 1.165) is 11.7 Å². The van der Waals surface area contributed by atoms with Crippen LogP contribution in [0.5, 0.6) is 0 Å². The fourth-order valence-corrected chi connectivity index (χ4v) is 5.66. The summed E-state index contributed by atoms with van der Waals surface area (Å²) >= 11 is 6.50. The normalized spacial score (nSPS) is 29.2. The van der Waals surface area contributed by atoms with E-state index < -0.39 is 0 Å². The number of nitrogens with two attached hydrogens (primary N) is 1. The number of hydrazine groups is 1. The largest absolute Gasteiger partial charge is 0.271 e. The monoisotopic (exact) mass is 408 g/mol. The lowest BCUT2D eigenvalue weighted by atomic mass is 10.0. The molecule has 0 spiro atoms. The topological polar surface area (TPSA) is 38.0 Å². The van der Waals surface area contributed by atoms with E-state index in [-0.39, 0.29) is 0 Å². The Hall–Kier alpha value is 0.570. The first-order chi connectivity index (χ1) is 9.10. The molecule has 1 fully saturated rings. The maximum atomic E-state index is 5.79. The summed E-state index contributed by atoms with van der Waals surface area (Å²) in [5.74, 6) is 6.98. The van der Waals surface area contributed by atoms with Gasteiger partial charge < -0.3 is 0 Å². The van der Waals surface area contributed by atoms with Crippen molar-refractivity contribution in [1.82, 2.24) is 5.43 Å². The van der Waals surface area contributed by atoms with Crippen LogP contribution >= 0.6 is 46.1 Å². The maximum absolute atomic E-state index is 5.79. The van der Waals surface area contributed by atoms with Crippen molar-refractivity contribution in [3.63, 3.8) is 0 Å². The fraction of sp³-hybridized carbons (Fsp3) is 0.571. The van der Waals surface area contributed by atoms with E-state index in [1.807, 2.05) is 0 Å². The molecule has 1 saturated heterocycles. The van der Waals surface area contributed by atoms with Crippen LogP contribution in [0.15, 0.2) is 24.3 Å². The second-order valence-corrected chi connectivity index (χ2v) is 9.30. The molecule has 0 aromatic heterocycles. The van der Waals surface area contributed by atoms with E-state index in [4.69, 9.17) is 5.84 Å². The molecule has 19 heavy (non-hydrogen) atoms. The average Bonchev–Trinajstić information content (AvgIpc) is 2.41. The number of rotatable bonds is 4. The number of hydrogen-bond acceptors (Lipinski definition) is 4. The van der Waals surface area contributed by atoms with Gasteiger partial charge in [-0.2, -0.15) is 23.5 Å². The molecule has 1 aromatic rings. The SMILES string of the molecule is CC1SCC(C(Cc2ccc(I)cc2)NN)SC1C. The van der Waals surface area contributed by atoms with Gasteiger partial charge in [0.15, 0.2) is 0 Å². The zero-order chi connectivity index (χ0) is 13.8. The number of thioether (sulfide) groups is 2. The van der Waals surface area contributed by atoms with Crippen molar-refractivity contribution in [2.45, 2.75) is 42.1 Å². The summed E-state index contributed by atoms with van der Waals surface area (Å²) in [4.78, 5) is 0. The van der Waals surface area contributed by atoms with Crippen LogP contribution in [0, 0.1) is 3.57 Å². The smallest absolute Gasteiger partial charge is 0.0377 e.